The van der Waals surface area contributed by atoms with Gasteiger partial charge in [-0.2, -0.15) is 0 Å². The van der Waals surface area contributed by atoms with Crippen LogP contribution in [0.1, 0.15) is 22.3 Å². The fraction of sp³-hybridized carbons (Fsp3) is 0.0182. The normalized spacial score (nSPS) is 13.2. The van der Waals surface area contributed by atoms with Crippen molar-refractivity contribution in [3.05, 3.63) is 229 Å². The van der Waals surface area contributed by atoms with Crippen molar-refractivity contribution in [1.82, 2.24) is 9.97 Å². The zero-order valence-corrected chi connectivity index (χ0v) is 32.2. The van der Waals surface area contributed by atoms with Gasteiger partial charge in [-0.15, -0.1) is 0 Å². The molecule has 12 rings (SSSR count). The maximum atomic E-state index is 5.31. The van der Waals surface area contributed by atoms with Crippen molar-refractivity contribution in [3.63, 3.8) is 0 Å². The van der Waals surface area contributed by atoms with Crippen LogP contribution in [0.5, 0.6) is 0 Å². The third-order valence-corrected chi connectivity index (χ3v) is 13.4. The van der Waals surface area contributed by atoms with E-state index in [0.717, 1.165) is 33.6 Å². The summed E-state index contributed by atoms with van der Waals surface area (Å²) >= 11 is 1.89. The molecule has 1 spiro atoms. The van der Waals surface area contributed by atoms with Crippen molar-refractivity contribution in [1.29, 1.82) is 0 Å². The average molecular weight is 755 g/mol. The molecule has 0 unspecified atom stereocenters. The predicted molar refractivity (Wildman–Crippen MR) is 240 cm³/mol. The third-order valence-electron chi connectivity index (χ3n) is 12.1. The van der Waals surface area contributed by atoms with Crippen LogP contribution in [-0.2, 0) is 5.41 Å². The Morgan fingerprint density at radius 1 is 0.345 bits per heavy atom. The van der Waals surface area contributed by atoms with Gasteiger partial charge in [0.15, 0.2) is 5.82 Å². The van der Waals surface area contributed by atoms with Crippen LogP contribution in [0.25, 0.3) is 77.7 Å². The molecule has 1 aliphatic heterocycles. The van der Waals surface area contributed by atoms with Crippen LogP contribution in [0.4, 0.5) is 0 Å². The molecule has 1 aromatic heterocycles. The van der Waals surface area contributed by atoms with Crippen molar-refractivity contribution in [3.8, 4) is 56.2 Å². The summed E-state index contributed by atoms with van der Waals surface area (Å²) in [4.78, 5) is 13.1. The summed E-state index contributed by atoms with van der Waals surface area (Å²) in [6.45, 7) is 0. The molecule has 0 amide bonds. The lowest BCUT2D eigenvalue weighted by Gasteiger charge is -2.40. The Bertz CT molecular complexity index is 3230. The first-order valence-electron chi connectivity index (χ1n) is 19.8. The van der Waals surface area contributed by atoms with Crippen LogP contribution in [-0.4, -0.2) is 9.97 Å². The fourth-order valence-corrected chi connectivity index (χ4v) is 10.9. The number of benzene rings is 9. The molecule has 9 aromatic carbocycles. The van der Waals surface area contributed by atoms with E-state index in [9.17, 15) is 0 Å². The summed E-state index contributed by atoms with van der Waals surface area (Å²) in [7, 11) is 0. The van der Waals surface area contributed by atoms with Gasteiger partial charge in [-0.25, -0.2) is 9.97 Å². The Morgan fingerprint density at radius 3 is 1.76 bits per heavy atom. The van der Waals surface area contributed by atoms with E-state index in [0.29, 0.717) is 5.82 Å². The Balaban J connectivity index is 1.03. The van der Waals surface area contributed by atoms with E-state index in [2.05, 4.69) is 200 Å². The minimum absolute atomic E-state index is 0.424. The van der Waals surface area contributed by atoms with Crippen molar-refractivity contribution in [2.75, 3.05) is 0 Å². The van der Waals surface area contributed by atoms with E-state index in [1.165, 1.54) is 70.3 Å². The molecule has 0 bridgehead atoms. The summed E-state index contributed by atoms with van der Waals surface area (Å²) in [5, 5.41) is 4.94. The number of hydrogen-bond donors (Lipinski definition) is 0. The number of fused-ring (bicyclic) bond motifs is 12. The van der Waals surface area contributed by atoms with Crippen LogP contribution in [0.2, 0.25) is 0 Å². The summed E-state index contributed by atoms with van der Waals surface area (Å²) in [5.41, 5.74) is 14.8. The minimum atomic E-state index is -0.424. The zero-order valence-electron chi connectivity index (χ0n) is 31.4. The van der Waals surface area contributed by atoms with Gasteiger partial charge in [0, 0.05) is 26.5 Å². The largest absolute Gasteiger partial charge is 0.228 e. The topological polar surface area (TPSA) is 25.8 Å². The number of aromatic nitrogens is 2. The molecular formula is C55H34N2S. The van der Waals surface area contributed by atoms with E-state index < -0.39 is 5.41 Å². The first-order chi connectivity index (χ1) is 28.7. The first-order valence-corrected chi connectivity index (χ1v) is 20.6. The lowest BCUT2D eigenvalue weighted by molar-refractivity contribution is 0.723. The maximum Gasteiger partial charge on any atom is 0.160 e. The van der Waals surface area contributed by atoms with Gasteiger partial charge in [-0.1, -0.05) is 194 Å². The standard InChI is InChI=1S/C55H34N2S/c1-2-15-36(16-3-1)50-34-51(39-30-31-42-38(32-39)29-28-35-14-4-5-19-41(35)42)57-54(56-50)40-18-12-17-37(33-40)43-22-13-26-49-53(43)58-52-27-11-10-25-48(52)55(49)46-23-8-6-20-44(46)45-21-7-9-24-47(45)55/h1-34H. The molecule has 0 atom stereocenters. The predicted octanol–water partition coefficient (Wildman–Crippen LogP) is 14.3. The van der Waals surface area contributed by atoms with Crippen LogP contribution in [0.15, 0.2) is 216 Å². The summed E-state index contributed by atoms with van der Waals surface area (Å²) in [5.74, 6) is 0.703. The first kappa shape index (κ1) is 33.1. The van der Waals surface area contributed by atoms with E-state index in [-0.39, 0.29) is 0 Å². The Kier molecular flexibility index (Phi) is 7.41. The van der Waals surface area contributed by atoms with Gasteiger partial charge in [0.2, 0.25) is 0 Å². The van der Waals surface area contributed by atoms with Gasteiger partial charge in [-0.05, 0) is 90.3 Å². The fourth-order valence-electron chi connectivity index (χ4n) is 9.58. The Hall–Kier alpha value is -7.07. The highest BCUT2D eigenvalue weighted by Crippen LogP contribution is 2.63. The van der Waals surface area contributed by atoms with Crippen molar-refractivity contribution in [2.45, 2.75) is 15.2 Å². The summed E-state index contributed by atoms with van der Waals surface area (Å²) in [6, 6.07) is 75.0. The molecule has 2 aliphatic rings. The molecule has 3 heteroatoms. The number of hydrogen-bond acceptors (Lipinski definition) is 3. The lowest BCUT2D eigenvalue weighted by Crippen LogP contribution is -2.32. The van der Waals surface area contributed by atoms with Crippen LogP contribution < -0.4 is 0 Å². The average Bonchev–Trinajstić information content (AvgIpc) is 3.59. The van der Waals surface area contributed by atoms with E-state index in [4.69, 9.17) is 9.97 Å². The van der Waals surface area contributed by atoms with Crippen LogP contribution in [0.3, 0.4) is 0 Å². The molecule has 0 N–H and O–H groups in total. The molecule has 0 saturated carbocycles. The second kappa shape index (κ2) is 13.0. The van der Waals surface area contributed by atoms with Gasteiger partial charge < -0.3 is 0 Å². The van der Waals surface area contributed by atoms with Gasteiger partial charge >= 0.3 is 0 Å². The molecule has 1 aliphatic carbocycles. The number of rotatable bonds is 4. The molecule has 270 valence electrons. The molecule has 10 aromatic rings. The molecule has 0 saturated heterocycles. The maximum absolute atomic E-state index is 5.31. The monoisotopic (exact) mass is 754 g/mol. The zero-order chi connectivity index (χ0) is 38.2. The highest BCUT2D eigenvalue weighted by atomic mass is 32.2. The summed E-state index contributed by atoms with van der Waals surface area (Å²) in [6.07, 6.45) is 0. The Morgan fingerprint density at radius 2 is 0.931 bits per heavy atom. The van der Waals surface area contributed by atoms with E-state index in [1.807, 2.05) is 17.8 Å². The third kappa shape index (κ3) is 4.93. The molecule has 2 heterocycles. The van der Waals surface area contributed by atoms with Crippen molar-refractivity contribution < 1.29 is 0 Å². The molecule has 0 fully saturated rings. The second-order valence-corrected chi connectivity index (χ2v) is 16.3. The molecule has 58 heavy (non-hydrogen) atoms. The van der Waals surface area contributed by atoms with E-state index >= 15 is 0 Å². The Labute approximate surface area is 341 Å². The van der Waals surface area contributed by atoms with Gasteiger partial charge in [0.25, 0.3) is 0 Å². The molecule has 0 radical (unpaired) electrons. The quantitative estimate of drug-likeness (QED) is 0.167. The second-order valence-electron chi connectivity index (χ2n) is 15.3. The number of nitrogens with zero attached hydrogens (tertiary/aromatic N) is 2. The molecule has 2 nitrogen and oxygen atoms in total. The highest BCUT2D eigenvalue weighted by Gasteiger charge is 2.50. The smallest absolute Gasteiger partial charge is 0.160 e. The molecular weight excluding hydrogens is 721 g/mol. The van der Waals surface area contributed by atoms with Crippen molar-refractivity contribution in [2.24, 2.45) is 0 Å². The summed E-state index contributed by atoms with van der Waals surface area (Å²) < 4.78 is 0. The van der Waals surface area contributed by atoms with Crippen LogP contribution >= 0.6 is 11.8 Å². The van der Waals surface area contributed by atoms with E-state index in [1.54, 1.807) is 0 Å². The van der Waals surface area contributed by atoms with Gasteiger partial charge in [0.05, 0.1) is 16.8 Å². The SMILES string of the molecule is c1ccc(-c2cc(-c3ccc4c(ccc5ccccc54)c3)nc(-c3cccc(-c4cccc5c4Sc4ccccc4C54c5ccccc5-c5ccccc54)c3)n2)cc1. The van der Waals surface area contributed by atoms with Gasteiger partial charge in [0.1, 0.15) is 0 Å². The van der Waals surface area contributed by atoms with Crippen molar-refractivity contribution >= 4 is 33.3 Å². The lowest BCUT2D eigenvalue weighted by atomic mass is 9.67. The van der Waals surface area contributed by atoms with Crippen LogP contribution in [0, 0.1) is 0 Å². The highest BCUT2D eigenvalue weighted by molar-refractivity contribution is 7.99. The minimum Gasteiger partial charge on any atom is -0.228 e. The van der Waals surface area contributed by atoms with Gasteiger partial charge in [-0.3, -0.25) is 0 Å².